The molecule has 0 bridgehead atoms. The minimum atomic E-state index is -2.73. The Bertz CT molecular complexity index is 1390. The summed E-state index contributed by atoms with van der Waals surface area (Å²) in [7, 11) is 0. The summed E-state index contributed by atoms with van der Waals surface area (Å²) in [5, 5.41) is 16.7. The summed E-state index contributed by atoms with van der Waals surface area (Å²) in [4.78, 5) is 4.57. The van der Waals surface area contributed by atoms with Gasteiger partial charge in [-0.15, -0.1) is 10.2 Å². The molecular formula is C22H19F2N7O. The van der Waals surface area contributed by atoms with Gasteiger partial charge in [0, 0.05) is 24.2 Å². The summed E-state index contributed by atoms with van der Waals surface area (Å²) < 4.78 is 36.3. The summed E-state index contributed by atoms with van der Waals surface area (Å²) in [6, 6.07) is 12.5. The average Bonchev–Trinajstić information content (AvgIpc) is 3.50. The maximum atomic E-state index is 13.8. The van der Waals surface area contributed by atoms with E-state index in [0.29, 0.717) is 30.1 Å². The van der Waals surface area contributed by atoms with Gasteiger partial charge in [-0.05, 0) is 26.0 Å². The number of aromatic nitrogens is 7. The highest BCUT2D eigenvalue weighted by Gasteiger charge is 2.22. The van der Waals surface area contributed by atoms with Crippen LogP contribution in [0.4, 0.5) is 8.78 Å². The number of aryl methyl sites for hydroxylation is 4. The first-order valence-corrected chi connectivity index (χ1v) is 10.1. The Balaban J connectivity index is 1.50. The molecule has 10 heteroatoms. The van der Waals surface area contributed by atoms with Gasteiger partial charge in [-0.2, -0.15) is 10.2 Å². The third-order valence-electron chi connectivity index (χ3n) is 5.13. The first kappa shape index (κ1) is 20.0. The highest BCUT2D eigenvalue weighted by Crippen LogP contribution is 2.30. The SMILES string of the molecule is Cc1cc(C)n(CCc2nnc(-c3cnn4c(C(F)F)cc(-c5ccccc5)nc34)o2)n1. The van der Waals surface area contributed by atoms with Crippen LogP contribution in [0.15, 0.2) is 53.1 Å². The number of hydrogen-bond donors (Lipinski definition) is 0. The Labute approximate surface area is 181 Å². The molecule has 0 saturated heterocycles. The maximum absolute atomic E-state index is 13.8. The van der Waals surface area contributed by atoms with Crippen LogP contribution in [-0.2, 0) is 13.0 Å². The number of hydrogen-bond acceptors (Lipinski definition) is 6. The molecule has 0 aliphatic heterocycles. The summed E-state index contributed by atoms with van der Waals surface area (Å²) in [5.41, 5.74) is 3.49. The van der Waals surface area contributed by atoms with E-state index in [2.05, 4.69) is 25.4 Å². The van der Waals surface area contributed by atoms with Gasteiger partial charge in [-0.25, -0.2) is 18.3 Å². The normalized spacial score (nSPS) is 11.7. The van der Waals surface area contributed by atoms with Gasteiger partial charge in [0.25, 0.3) is 12.3 Å². The van der Waals surface area contributed by atoms with Crippen LogP contribution in [0.1, 0.15) is 29.4 Å². The fourth-order valence-corrected chi connectivity index (χ4v) is 3.62. The van der Waals surface area contributed by atoms with Crippen molar-refractivity contribution in [3.8, 4) is 22.7 Å². The molecule has 0 radical (unpaired) electrons. The van der Waals surface area contributed by atoms with Gasteiger partial charge in [-0.1, -0.05) is 30.3 Å². The van der Waals surface area contributed by atoms with Crippen molar-refractivity contribution >= 4 is 5.65 Å². The number of rotatable bonds is 6. The fourth-order valence-electron chi connectivity index (χ4n) is 3.62. The van der Waals surface area contributed by atoms with E-state index < -0.39 is 6.43 Å². The van der Waals surface area contributed by atoms with Crippen molar-refractivity contribution in [3.63, 3.8) is 0 Å². The van der Waals surface area contributed by atoms with Crippen LogP contribution in [0.2, 0.25) is 0 Å². The zero-order chi connectivity index (χ0) is 22.2. The minimum absolute atomic E-state index is 0.182. The zero-order valence-corrected chi connectivity index (χ0v) is 17.4. The molecule has 8 nitrogen and oxygen atoms in total. The van der Waals surface area contributed by atoms with E-state index in [1.165, 1.54) is 12.3 Å². The number of fused-ring (bicyclic) bond motifs is 1. The predicted molar refractivity (Wildman–Crippen MR) is 112 cm³/mol. The molecule has 4 heterocycles. The van der Waals surface area contributed by atoms with E-state index in [4.69, 9.17) is 4.42 Å². The van der Waals surface area contributed by atoms with Gasteiger partial charge in [0.05, 0.1) is 17.6 Å². The van der Waals surface area contributed by atoms with Gasteiger partial charge in [0.2, 0.25) is 5.89 Å². The van der Waals surface area contributed by atoms with Crippen molar-refractivity contribution in [1.29, 1.82) is 0 Å². The van der Waals surface area contributed by atoms with Gasteiger partial charge in [0.1, 0.15) is 11.3 Å². The van der Waals surface area contributed by atoms with Crippen LogP contribution < -0.4 is 0 Å². The summed E-state index contributed by atoms with van der Waals surface area (Å²) >= 11 is 0. The van der Waals surface area contributed by atoms with Crippen molar-refractivity contribution in [1.82, 2.24) is 34.6 Å². The predicted octanol–water partition coefficient (Wildman–Crippen LogP) is 4.44. The molecule has 0 amide bonds. The molecule has 5 rings (SSSR count). The van der Waals surface area contributed by atoms with Gasteiger partial charge < -0.3 is 4.42 Å². The van der Waals surface area contributed by atoms with Gasteiger partial charge >= 0.3 is 0 Å². The van der Waals surface area contributed by atoms with Crippen molar-refractivity contribution in [2.24, 2.45) is 0 Å². The Hall–Kier alpha value is -3.95. The molecule has 5 aromatic rings. The molecule has 0 atom stereocenters. The topological polar surface area (TPSA) is 86.9 Å². The molecule has 0 aliphatic carbocycles. The third kappa shape index (κ3) is 3.64. The van der Waals surface area contributed by atoms with Crippen molar-refractivity contribution in [2.75, 3.05) is 0 Å². The van der Waals surface area contributed by atoms with Gasteiger partial charge in [0.15, 0.2) is 5.65 Å². The lowest BCUT2D eigenvalue weighted by Crippen LogP contribution is -2.05. The summed E-state index contributed by atoms with van der Waals surface area (Å²) in [6.45, 7) is 4.50. The molecule has 0 saturated carbocycles. The van der Waals surface area contributed by atoms with E-state index in [1.54, 1.807) is 0 Å². The average molecular weight is 435 g/mol. The number of alkyl halides is 2. The summed E-state index contributed by atoms with van der Waals surface area (Å²) in [6.07, 6.45) is -0.824. The van der Waals surface area contributed by atoms with Crippen molar-refractivity contribution < 1.29 is 13.2 Å². The Kier molecular flexibility index (Phi) is 4.96. The molecule has 162 valence electrons. The molecule has 0 aliphatic rings. The second kappa shape index (κ2) is 7.95. The quantitative estimate of drug-likeness (QED) is 0.392. The zero-order valence-electron chi connectivity index (χ0n) is 17.4. The highest BCUT2D eigenvalue weighted by molar-refractivity contribution is 5.74. The minimum Gasteiger partial charge on any atom is -0.420 e. The van der Waals surface area contributed by atoms with E-state index in [1.807, 2.05) is 54.9 Å². The first-order chi connectivity index (χ1) is 15.5. The van der Waals surface area contributed by atoms with E-state index in [9.17, 15) is 8.78 Å². The molecule has 32 heavy (non-hydrogen) atoms. The lowest BCUT2D eigenvalue weighted by molar-refractivity contribution is 0.143. The standard InChI is InChI=1S/C22H19F2N7O/c1-13-10-14(2)30(29-13)9-8-19-27-28-22(32-19)16-12-25-31-18(20(23)24)11-17(26-21(16)31)15-6-4-3-5-7-15/h3-7,10-12,20H,8-9H2,1-2H3. The fraction of sp³-hybridized carbons (Fsp3) is 0.227. The Morgan fingerprint density at radius 2 is 1.88 bits per heavy atom. The Morgan fingerprint density at radius 1 is 1.06 bits per heavy atom. The number of nitrogens with zero attached hydrogens (tertiary/aromatic N) is 7. The van der Waals surface area contributed by atoms with E-state index in [0.717, 1.165) is 21.5 Å². The molecule has 0 unspecified atom stereocenters. The molecule has 1 aromatic carbocycles. The van der Waals surface area contributed by atoms with Gasteiger partial charge in [-0.3, -0.25) is 4.68 Å². The molecule has 0 spiro atoms. The number of halogens is 2. The number of benzene rings is 1. The van der Waals surface area contributed by atoms with Crippen molar-refractivity contribution in [2.45, 2.75) is 33.2 Å². The monoisotopic (exact) mass is 435 g/mol. The summed E-state index contributed by atoms with van der Waals surface area (Å²) in [5.74, 6) is 0.599. The smallest absolute Gasteiger partial charge is 0.280 e. The lowest BCUT2D eigenvalue weighted by atomic mass is 10.1. The second-order valence-electron chi connectivity index (χ2n) is 7.43. The van der Waals surface area contributed by atoms with Crippen LogP contribution in [0.25, 0.3) is 28.4 Å². The van der Waals surface area contributed by atoms with Crippen LogP contribution in [0.3, 0.4) is 0 Å². The molecule has 0 fully saturated rings. The maximum Gasteiger partial charge on any atom is 0.280 e. The van der Waals surface area contributed by atoms with Crippen molar-refractivity contribution in [3.05, 3.63) is 71.6 Å². The highest BCUT2D eigenvalue weighted by atomic mass is 19.3. The van der Waals surface area contributed by atoms with Crippen LogP contribution in [0, 0.1) is 13.8 Å². The molecule has 4 aromatic heterocycles. The first-order valence-electron chi connectivity index (χ1n) is 10.1. The lowest BCUT2D eigenvalue weighted by Gasteiger charge is -2.08. The Morgan fingerprint density at radius 3 is 2.59 bits per heavy atom. The molecular weight excluding hydrogens is 416 g/mol. The molecule has 0 N–H and O–H groups in total. The van der Waals surface area contributed by atoms with Crippen LogP contribution in [0.5, 0.6) is 0 Å². The second-order valence-corrected chi connectivity index (χ2v) is 7.43. The van der Waals surface area contributed by atoms with Crippen LogP contribution in [-0.4, -0.2) is 34.6 Å². The van der Waals surface area contributed by atoms with E-state index >= 15 is 0 Å². The largest absolute Gasteiger partial charge is 0.420 e. The van der Waals surface area contributed by atoms with E-state index in [-0.39, 0.29) is 17.2 Å². The van der Waals surface area contributed by atoms with Crippen LogP contribution >= 0.6 is 0 Å². The third-order valence-corrected chi connectivity index (χ3v) is 5.13.